The second-order valence-electron chi connectivity index (χ2n) is 5.73. The molecule has 1 aliphatic heterocycles. The third kappa shape index (κ3) is 4.84. The molecule has 0 amide bonds. The van der Waals surface area contributed by atoms with Crippen LogP contribution in [0.1, 0.15) is 45.4 Å². The number of ether oxygens (including phenoxy) is 1. The van der Waals surface area contributed by atoms with Crippen LogP contribution in [-0.4, -0.2) is 47.7 Å². The summed E-state index contributed by atoms with van der Waals surface area (Å²) in [4.78, 5) is 11.4. The Balaban J connectivity index is 1.97. The van der Waals surface area contributed by atoms with Gasteiger partial charge in [-0.1, -0.05) is 20.3 Å². The minimum Gasteiger partial charge on any atom is -0.476 e. The largest absolute Gasteiger partial charge is 0.476 e. The van der Waals surface area contributed by atoms with Crippen molar-refractivity contribution in [3.8, 4) is 5.88 Å². The fourth-order valence-corrected chi connectivity index (χ4v) is 2.58. The van der Waals surface area contributed by atoms with E-state index in [1.807, 2.05) is 6.07 Å². The first-order valence-corrected chi connectivity index (χ1v) is 8.17. The van der Waals surface area contributed by atoms with Gasteiger partial charge in [0.1, 0.15) is 18.2 Å². The van der Waals surface area contributed by atoms with Crippen molar-refractivity contribution in [2.45, 2.75) is 52.0 Å². The summed E-state index contributed by atoms with van der Waals surface area (Å²) < 4.78 is 5.95. The zero-order valence-corrected chi connectivity index (χ0v) is 13.6. The number of likely N-dealkylation sites (tertiary alicyclic amines) is 1. The molecule has 1 aliphatic rings. The topological polar surface area (TPSA) is 50.3 Å². The van der Waals surface area contributed by atoms with Crippen LogP contribution in [0, 0.1) is 0 Å². The molecular weight excluding hydrogens is 264 g/mol. The molecule has 2 rings (SSSR count). The van der Waals surface area contributed by atoms with Crippen molar-refractivity contribution in [2.24, 2.45) is 0 Å². The number of rotatable bonds is 7. The summed E-state index contributed by atoms with van der Waals surface area (Å²) in [7, 11) is 2.18. The van der Waals surface area contributed by atoms with Crippen LogP contribution >= 0.6 is 0 Å². The van der Waals surface area contributed by atoms with Crippen LogP contribution < -0.4 is 10.1 Å². The minimum atomic E-state index is 0.505. The molecule has 2 heterocycles. The molecule has 21 heavy (non-hydrogen) atoms. The Labute approximate surface area is 128 Å². The highest BCUT2D eigenvalue weighted by Gasteiger charge is 2.19. The smallest absolute Gasteiger partial charge is 0.218 e. The van der Waals surface area contributed by atoms with Crippen LogP contribution in [0.2, 0.25) is 0 Å². The second kappa shape index (κ2) is 8.17. The molecule has 1 unspecified atom stereocenters. The molecule has 1 aromatic rings. The molecule has 1 N–H and O–H groups in total. The summed E-state index contributed by atoms with van der Waals surface area (Å²) in [6.07, 6.45) is 5.70. The lowest BCUT2D eigenvalue weighted by atomic mass is 10.0. The van der Waals surface area contributed by atoms with Crippen molar-refractivity contribution in [3.63, 3.8) is 0 Å². The van der Waals surface area contributed by atoms with E-state index in [9.17, 15) is 0 Å². The monoisotopic (exact) mass is 292 g/mol. The Hall–Kier alpha value is -1.36. The molecule has 5 heteroatoms. The van der Waals surface area contributed by atoms with Crippen LogP contribution in [0.4, 0.5) is 5.82 Å². The summed E-state index contributed by atoms with van der Waals surface area (Å²) in [6.45, 7) is 7.01. The van der Waals surface area contributed by atoms with E-state index in [4.69, 9.17) is 4.74 Å². The van der Waals surface area contributed by atoms with Crippen molar-refractivity contribution in [1.29, 1.82) is 0 Å². The minimum absolute atomic E-state index is 0.505. The lowest BCUT2D eigenvalue weighted by Crippen LogP contribution is -2.40. The molecular formula is C16H28N4O. The first-order valence-electron chi connectivity index (χ1n) is 8.17. The van der Waals surface area contributed by atoms with Crippen molar-refractivity contribution in [2.75, 3.05) is 32.1 Å². The third-order valence-electron chi connectivity index (χ3n) is 3.97. The molecule has 0 saturated carbocycles. The van der Waals surface area contributed by atoms with Gasteiger partial charge in [0.05, 0.1) is 0 Å². The Bertz CT molecular complexity index is 438. The number of nitrogens with one attached hydrogen (secondary N) is 1. The van der Waals surface area contributed by atoms with E-state index in [0.717, 1.165) is 31.0 Å². The Morgan fingerprint density at radius 2 is 2.19 bits per heavy atom. The zero-order chi connectivity index (χ0) is 15.1. The summed E-state index contributed by atoms with van der Waals surface area (Å²) in [6, 6.07) is 2.42. The van der Waals surface area contributed by atoms with E-state index in [1.54, 1.807) is 0 Å². The van der Waals surface area contributed by atoms with Gasteiger partial charge in [0.25, 0.3) is 0 Å². The van der Waals surface area contributed by atoms with Crippen LogP contribution in [-0.2, 0) is 6.42 Å². The van der Waals surface area contributed by atoms with E-state index >= 15 is 0 Å². The van der Waals surface area contributed by atoms with E-state index < -0.39 is 0 Å². The van der Waals surface area contributed by atoms with Crippen LogP contribution in [0.15, 0.2) is 6.07 Å². The van der Waals surface area contributed by atoms with E-state index in [1.165, 1.54) is 25.8 Å². The number of hydrogen-bond acceptors (Lipinski definition) is 5. The molecule has 1 atom stereocenters. The van der Waals surface area contributed by atoms with Crippen LogP contribution in [0.5, 0.6) is 5.88 Å². The van der Waals surface area contributed by atoms with Crippen LogP contribution in [0.3, 0.4) is 0 Å². The molecule has 0 aromatic carbocycles. The maximum atomic E-state index is 5.95. The summed E-state index contributed by atoms with van der Waals surface area (Å²) >= 11 is 0. The normalized spacial score (nSPS) is 19.5. The number of nitrogens with zero attached hydrogens (tertiary/aromatic N) is 3. The zero-order valence-electron chi connectivity index (χ0n) is 13.6. The van der Waals surface area contributed by atoms with Crippen molar-refractivity contribution >= 4 is 5.82 Å². The number of piperidine rings is 1. The predicted octanol–water partition coefficient (Wildman–Crippen LogP) is 2.72. The molecule has 0 bridgehead atoms. The molecule has 1 fully saturated rings. The quantitative estimate of drug-likeness (QED) is 0.837. The fraction of sp³-hybridized carbons (Fsp3) is 0.750. The number of anilines is 1. The van der Waals surface area contributed by atoms with Crippen molar-refractivity contribution < 1.29 is 4.74 Å². The number of likely N-dealkylation sites (N-methyl/N-ethyl adjacent to an activating group) is 1. The molecule has 1 aromatic heterocycles. The molecule has 118 valence electrons. The molecule has 5 nitrogen and oxygen atoms in total. The molecule has 1 saturated heterocycles. The van der Waals surface area contributed by atoms with Gasteiger partial charge in [-0.15, -0.1) is 0 Å². The fourth-order valence-electron chi connectivity index (χ4n) is 2.58. The maximum absolute atomic E-state index is 5.95. The van der Waals surface area contributed by atoms with Gasteiger partial charge in [0.15, 0.2) is 0 Å². The number of aryl methyl sites for hydroxylation is 1. The standard InChI is InChI=1S/C16H28N4O/c1-4-9-17-15-11-16(19-14(5-2)18-15)21-12-13-8-6-7-10-20(13)3/h11,13H,4-10,12H2,1-3H3,(H,17,18,19). The second-order valence-corrected chi connectivity index (χ2v) is 5.73. The summed E-state index contributed by atoms with van der Waals surface area (Å²) in [5, 5.41) is 3.31. The van der Waals surface area contributed by atoms with Gasteiger partial charge in [0, 0.05) is 25.1 Å². The van der Waals surface area contributed by atoms with E-state index in [2.05, 4.69) is 41.1 Å². The van der Waals surface area contributed by atoms with Gasteiger partial charge in [-0.25, -0.2) is 4.98 Å². The van der Waals surface area contributed by atoms with Gasteiger partial charge in [-0.2, -0.15) is 4.98 Å². The van der Waals surface area contributed by atoms with E-state index in [-0.39, 0.29) is 0 Å². The van der Waals surface area contributed by atoms with Crippen molar-refractivity contribution in [1.82, 2.24) is 14.9 Å². The molecule has 0 radical (unpaired) electrons. The average Bonchev–Trinajstić information content (AvgIpc) is 2.52. The van der Waals surface area contributed by atoms with Crippen LogP contribution in [0.25, 0.3) is 0 Å². The third-order valence-corrected chi connectivity index (χ3v) is 3.97. The lowest BCUT2D eigenvalue weighted by Gasteiger charge is -2.32. The van der Waals surface area contributed by atoms with E-state index in [0.29, 0.717) is 18.5 Å². The Morgan fingerprint density at radius 3 is 2.90 bits per heavy atom. The highest BCUT2D eigenvalue weighted by atomic mass is 16.5. The highest BCUT2D eigenvalue weighted by Crippen LogP contribution is 2.18. The predicted molar refractivity (Wildman–Crippen MR) is 86.0 cm³/mol. The molecule has 0 aliphatic carbocycles. The first-order chi connectivity index (χ1) is 10.2. The van der Waals surface area contributed by atoms with Gasteiger partial charge in [-0.05, 0) is 32.9 Å². The average molecular weight is 292 g/mol. The lowest BCUT2D eigenvalue weighted by molar-refractivity contribution is 0.122. The van der Waals surface area contributed by atoms with Crippen molar-refractivity contribution in [3.05, 3.63) is 11.9 Å². The number of hydrogen-bond donors (Lipinski definition) is 1. The van der Waals surface area contributed by atoms with Gasteiger partial charge < -0.3 is 15.0 Å². The summed E-state index contributed by atoms with van der Waals surface area (Å²) in [5.41, 5.74) is 0. The van der Waals surface area contributed by atoms with Gasteiger partial charge >= 0.3 is 0 Å². The summed E-state index contributed by atoms with van der Waals surface area (Å²) in [5.74, 6) is 2.40. The Kier molecular flexibility index (Phi) is 6.23. The maximum Gasteiger partial charge on any atom is 0.218 e. The number of aromatic nitrogens is 2. The molecule has 0 spiro atoms. The Morgan fingerprint density at radius 1 is 1.33 bits per heavy atom. The SMILES string of the molecule is CCCNc1cc(OCC2CCCCN2C)nc(CC)n1. The van der Waals surface area contributed by atoms with Gasteiger partial charge in [-0.3, -0.25) is 0 Å². The van der Waals surface area contributed by atoms with Gasteiger partial charge in [0.2, 0.25) is 5.88 Å². The highest BCUT2D eigenvalue weighted by molar-refractivity contribution is 5.38. The first kappa shape index (κ1) is 16.0.